The predicted octanol–water partition coefficient (Wildman–Crippen LogP) is 4.85. The monoisotopic (exact) mass is 363 g/mol. The molecule has 0 amide bonds. The number of rotatable bonds is 4. The fraction of sp³-hybridized carbons (Fsp3) is 0.111. The van der Waals surface area contributed by atoms with Gasteiger partial charge in [-0.3, -0.25) is 4.31 Å². The summed E-state index contributed by atoms with van der Waals surface area (Å²) in [7, 11) is -3.77. The summed E-state index contributed by atoms with van der Waals surface area (Å²) in [6, 6.07) is 16.4. The first kappa shape index (κ1) is 16.7. The first-order valence-electron chi connectivity index (χ1n) is 7.40. The molecule has 3 aromatic carbocycles. The Morgan fingerprint density at radius 3 is 2.38 bits per heavy atom. The number of anilines is 1. The van der Waals surface area contributed by atoms with Crippen LogP contribution in [0.2, 0.25) is 5.02 Å². The molecule has 0 saturated heterocycles. The third-order valence-electron chi connectivity index (χ3n) is 3.79. The lowest BCUT2D eigenvalue weighted by molar-refractivity contribution is 0.591. The van der Waals surface area contributed by atoms with Gasteiger partial charge in [-0.15, -0.1) is 0 Å². The standard InChI is InChI=1S/C18H15ClFNO2S/c1-2-21(15-8-10-18(20)17(19)12-15)24(22,23)16-9-7-13-5-3-4-6-14(13)11-16/h3-12H,2H2,1H3. The molecule has 0 bridgehead atoms. The van der Waals surface area contributed by atoms with E-state index >= 15 is 0 Å². The van der Waals surface area contributed by atoms with Crippen LogP contribution in [0.1, 0.15) is 6.92 Å². The Labute approximate surface area is 145 Å². The first-order chi connectivity index (χ1) is 11.4. The molecule has 0 unspecified atom stereocenters. The van der Waals surface area contributed by atoms with Crippen molar-refractivity contribution in [2.45, 2.75) is 11.8 Å². The Morgan fingerprint density at radius 1 is 1.00 bits per heavy atom. The van der Waals surface area contributed by atoms with Crippen molar-refractivity contribution in [1.82, 2.24) is 0 Å². The van der Waals surface area contributed by atoms with Gasteiger partial charge in [-0.05, 0) is 48.0 Å². The highest BCUT2D eigenvalue weighted by atomic mass is 35.5. The van der Waals surface area contributed by atoms with Gasteiger partial charge in [0.25, 0.3) is 10.0 Å². The second-order valence-corrected chi connectivity index (χ2v) is 7.55. The molecular weight excluding hydrogens is 349 g/mol. The van der Waals surface area contributed by atoms with Gasteiger partial charge in [-0.2, -0.15) is 0 Å². The number of hydrogen-bond donors (Lipinski definition) is 0. The maximum atomic E-state index is 13.4. The number of fused-ring (bicyclic) bond motifs is 1. The minimum atomic E-state index is -3.77. The second-order valence-electron chi connectivity index (χ2n) is 5.28. The van der Waals surface area contributed by atoms with E-state index in [1.54, 1.807) is 25.1 Å². The zero-order valence-electron chi connectivity index (χ0n) is 12.9. The molecule has 0 aromatic heterocycles. The van der Waals surface area contributed by atoms with E-state index in [4.69, 9.17) is 11.6 Å². The Bertz CT molecular complexity index is 1000. The molecule has 24 heavy (non-hydrogen) atoms. The van der Waals surface area contributed by atoms with Crippen LogP contribution in [0.4, 0.5) is 10.1 Å². The highest BCUT2D eigenvalue weighted by molar-refractivity contribution is 7.92. The van der Waals surface area contributed by atoms with E-state index in [0.717, 1.165) is 16.8 Å². The number of nitrogens with zero attached hydrogens (tertiary/aromatic N) is 1. The highest BCUT2D eigenvalue weighted by Gasteiger charge is 2.24. The molecule has 0 aliphatic rings. The summed E-state index contributed by atoms with van der Waals surface area (Å²) in [4.78, 5) is 0.184. The molecule has 0 fully saturated rings. The number of hydrogen-bond acceptors (Lipinski definition) is 2. The average Bonchev–Trinajstić information content (AvgIpc) is 2.58. The zero-order chi connectivity index (χ0) is 17.3. The Balaban J connectivity index is 2.10. The molecule has 0 aliphatic carbocycles. The Morgan fingerprint density at radius 2 is 1.71 bits per heavy atom. The van der Waals surface area contributed by atoms with Crippen LogP contribution >= 0.6 is 11.6 Å². The fourth-order valence-corrected chi connectivity index (χ4v) is 4.26. The minimum Gasteiger partial charge on any atom is -0.267 e. The van der Waals surface area contributed by atoms with Crippen molar-refractivity contribution in [3.8, 4) is 0 Å². The van der Waals surface area contributed by atoms with Gasteiger partial charge < -0.3 is 0 Å². The molecule has 3 nitrogen and oxygen atoms in total. The normalized spacial score (nSPS) is 11.6. The summed E-state index contributed by atoms with van der Waals surface area (Å²) in [5.41, 5.74) is 0.331. The van der Waals surface area contributed by atoms with E-state index in [0.29, 0.717) is 5.69 Å². The van der Waals surface area contributed by atoms with Crippen LogP contribution in [0.25, 0.3) is 10.8 Å². The van der Waals surface area contributed by atoms with Crippen molar-refractivity contribution < 1.29 is 12.8 Å². The Hall–Kier alpha value is -2.11. The summed E-state index contributed by atoms with van der Waals surface area (Å²) in [6.07, 6.45) is 0. The lowest BCUT2D eigenvalue weighted by atomic mass is 10.1. The van der Waals surface area contributed by atoms with E-state index in [1.165, 1.54) is 16.4 Å². The summed E-state index contributed by atoms with van der Waals surface area (Å²) in [6.45, 7) is 1.92. The van der Waals surface area contributed by atoms with Crippen molar-refractivity contribution >= 4 is 38.1 Å². The molecule has 6 heteroatoms. The molecule has 0 heterocycles. The van der Waals surface area contributed by atoms with Crippen LogP contribution < -0.4 is 4.31 Å². The van der Waals surface area contributed by atoms with E-state index in [2.05, 4.69) is 0 Å². The van der Waals surface area contributed by atoms with Gasteiger partial charge in [0.1, 0.15) is 5.82 Å². The van der Waals surface area contributed by atoms with Gasteiger partial charge in [0, 0.05) is 6.54 Å². The first-order valence-corrected chi connectivity index (χ1v) is 9.22. The van der Waals surface area contributed by atoms with Crippen molar-refractivity contribution in [2.24, 2.45) is 0 Å². The van der Waals surface area contributed by atoms with Gasteiger partial charge in [0.2, 0.25) is 0 Å². The number of halogens is 2. The maximum Gasteiger partial charge on any atom is 0.264 e. The molecule has 0 atom stereocenters. The topological polar surface area (TPSA) is 37.4 Å². The molecule has 3 rings (SSSR count). The minimum absolute atomic E-state index is 0.111. The quantitative estimate of drug-likeness (QED) is 0.664. The van der Waals surface area contributed by atoms with Gasteiger partial charge in [-0.1, -0.05) is 41.9 Å². The number of benzene rings is 3. The summed E-state index contributed by atoms with van der Waals surface area (Å²) in [5, 5.41) is 1.69. The van der Waals surface area contributed by atoms with Crippen molar-refractivity contribution in [2.75, 3.05) is 10.8 Å². The second kappa shape index (κ2) is 6.42. The van der Waals surface area contributed by atoms with Crippen molar-refractivity contribution in [3.63, 3.8) is 0 Å². The fourth-order valence-electron chi connectivity index (χ4n) is 2.59. The number of sulfonamides is 1. The maximum absolute atomic E-state index is 13.4. The predicted molar refractivity (Wildman–Crippen MR) is 95.6 cm³/mol. The average molecular weight is 364 g/mol. The summed E-state index contributed by atoms with van der Waals surface area (Å²) < 4.78 is 40.6. The lowest BCUT2D eigenvalue weighted by Crippen LogP contribution is -2.30. The molecule has 0 aliphatic heterocycles. The SMILES string of the molecule is CCN(c1ccc(F)c(Cl)c1)S(=O)(=O)c1ccc2ccccc2c1. The van der Waals surface area contributed by atoms with Crippen LogP contribution in [0, 0.1) is 5.82 Å². The molecule has 0 radical (unpaired) electrons. The van der Waals surface area contributed by atoms with Gasteiger partial charge in [0.05, 0.1) is 15.6 Å². The third kappa shape index (κ3) is 2.97. The molecule has 3 aromatic rings. The van der Waals surface area contributed by atoms with Gasteiger partial charge >= 0.3 is 0 Å². The molecular formula is C18H15ClFNO2S. The van der Waals surface area contributed by atoms with Crippen molar-refractivity contribution in [3.05, 3.63) is 71.5 Å². The summed E-state index contributed by atoms with van der Waals surface area (Å²) >= 11 is 5.79. The van der Waals surface area contributed by atoms with E-state index < -0.39 is 15.8 Å². The zero-order valence-corrected chi connectivity index (χ0v) is 14.5. The van der Waals surface area contributed by atoms with Crippen LogP contribution in [0.15, 0.2) is 65.6 Å². The van der Waals surface area contributed by atoms with E-state index in [1.807, 2.05) is 24.3 Å². The van der Waals surface area contributed by atoms with Crippen LogP contribution in [0.3, 0.4) is 0 Å². The summed E-state index contributed by atoms with van der Waals surface area (Å²) in [5.74, 6) is -0.584. The molecule has 0 N–H and O–H groups in total. The van der Waals surface area contributed by atoms with Crippen molar-refractivity contribution in [1.29, 1.82) is 0 Å². The van der Waals surface area contributed by atoms with Crippen LogP contribution in [-0.4, -0.2) is 15.0 Å². The molecule has 0 saturated carbocycles. The van der Waals surface area contributed by atoms with Gasteiger partial charge in [0.15, 0.2) is 0 Å². The van der Waals surface area contributed by atoms with E-state index in [9.17, 15) is 12.8 Å². The Kier molecular flexibility index (Phi) is 4.47. The van der Waals surface area contributed by atoms with Crippen LogP contribution in [-0.2, 0) is 10.0 Å². The molecule has 124 valence electrons. The third-order valence-corrected chi connectivity index (χ3v) is 5.98. The van der Waals surface area contributed by atoms with E-state index in [-0.39, 0.29) is 16.5 Å². The smallest absolute Gasteiger partial charge is 0.264 e. The van der Waals surface area contributed by atoms with Crippen LogP contribution in [0.5, 0.6) is 0 Å². The van der Waals surface area contributed by atoms with Gasteiger partial charge in [-0.25, -0.2) is 12.8 Å². The highest BCUT2D eigenvalue weighted by Crippen LogP contribution is 2.28. The lowest BCUT2D eigenvalue weighted by Gasteiger charge is -2.23. The largest absolute Gasteiger partial charge is 0.267 e. The molecule has 0 spiro atoms.